The van der Waals surface area contributed by atoms with E-state index in [1.54, 1.807) is 0 Å². The van der Waals surface area contributed by atoms with E-state index >= 15 is 0 Å². The zero-order valence-corrected chi connectivity index (χ0v) is 11.4. The summed E-state index contributed by atoms with van der Waals surface area (Å²) in [7, 11) is 0. The SMILES string of the molecule is CCNC(C)(CCn1ncc2ccccc21)C(N)=O. The van der Waals surface area contributed by atoms with Crippen LogP contribution in [0, 0.1) is 0 Å². The highest BCUT2D eigenvalue weighted by atomic mass is 16.1. The topological polar surface area (TPSA) is 72.9 Å². The minimum Gasteiger partial charge on any atom is -0.368 e. The summed E-state index contributed by atoms with van der Waals surface area (Å²) in [5.74, 6) is -0.328. The Balaban J connectivity index is 2.15. The van der Waals surface area contributed by atoms with Gasteiger partial charge in [0.15, 0.2) is 0 Å². The number of nitrogens with one attached hydrogen (secondary N) is 1. The predicted molar refractivity (Wildman–Crippen MR) is 75.6 cm³/mol. The lowest BCUT2D eigenvalue weighted by Crippen LogP contribution is -2.53. The van der Waals surface area contributed by atoms with Crippen LogP contribution in [0.1, 0.15) is 20.3 Å². The Morgan fingerprint density at radius 3 is 2.89 bits per heavy atom. The average molecular weight is 260 g/mol. The Kier molecular flexibility index (Phi) is 3.85. The minimum absolute atomic E-state index is 0.328. The predicted octanol–water partition coefficient (Wildman–Crippen LogP) is 1.28. The summed E-state index contributed by atoms with van der Waals surface area (Å²) in [5, 5.41) is 8.61. The number of hydrogen-bond donors (Lipinski definition) is 2. The molecule has 0 spiro atoms. The molecule has 0 radical (unpaired) electrons. The van der Waals surface area contributed by atoms with Crippen LogP contribution in [0.25, 0.3) is 10.9 Å². The maximum Gasteiger partial charge on any atom is 0.237 e. The van der Waals surface area contributed by atoms with Gasteiger partial charge in [-0.2, -0.15) is 5.10 Å². The fraction of sp³-hybridized carbons (Fsp3) is 0.429. The molecule has 5 nitrogen and oxygen atoms in total. The normalized spacial score (nSPS) is 14.4. The van der Waals surface area contributed by atoms with E-state index in [9.17, 15) is 4.79 Å². The maximum atomic E-state index is 11.6. The Morgan fingerprint density at radius 1 is 1.47 bits per heavy atom. The van der Waals surface area contributed by atoms with Crippen molar-refractivity contribution in [2.24, 2.45) is 5.73 Å². The van der Waals surface area contributed by atoms with E-state index in [1.165, 1.54) is 0 Å². The van der Waals surface area contributed by atoms with Gasteiger partial charge in [-0.1, -0.05) is 25.1 Å². The standard InChI is InChI=1S/C14H20N4O/c1-3-16-14(2,13(15)19)8-9-18-12-7-5-4-6-11(12)10-17-18/h4-7,10,16H,3,8-9H2,1-2H3,(H2,15,19). The van der Waals surface area contributed by atoms with Gasteiger partial charge in [-0.05, 0) is 26.0 Å². The van der Waals surface area contributed by atoms with Crippen LogP contribution in [0.3, 0.4) is 0 Å². The Bertz CT molecular complexity index is 578. The van der Waals surface area contributed by atoms with Crippen molar-refractivity contribution in [2.75, 3.05) is 6.54 Å². The molecule has 1 aromatic carbocycles. The third-order valence-electron chi connectivity index (χ3n) is 3.49. The molecule has 19 heavy (non-hydrogen) atoms. The summed E-state index contributed by atoms with van der Waals surface area (Å²) >= 11 is 0. The Labute approximate surface area is 112 Å². The number of amides is 1. The van der Waals surface area contributed by atoms with Gasteiger partial charge in [-0.15, -0.1) is 0 Å². The fourth-order valence-corrected chi connectivity index (χ4v) is 2.22. The zero-order valence-electron chi connectivity index (χ0n) is 11.4. The second-order valence-corrected chi connectivity index (χ2v) is 4.90. The van der Waals surface area contributed by atoms with Crippen LogP contribution in [0.2, 0.25) is 0 Å². The fourth-order valence-electron chi connectivity index (χ4n) is 2.22. The highest BCUT2D eigenvalue weighted by Crippen LogP contribution is 2.16. The number of carbonyl (C=O) groups excluding carboxylic acids is 1. The van der Waals surface area contributed by atoms with Gasteiger partial charge >= 0.3 is 0 Å². The van der Waals surface area contributed by atoms with E-state index in [0.717, 1.165) is 10.9 Å². The number of aromatic nitrogens is 2. The van der Waals surface area contributed by atoms with Crippen LogP contribution in [-0.2, 0) is 11.3 Å². The van der Waals surface area contributed by atoms with Crippen molar-refractivity contribution in [1.29, 1.82) is 0 Å². The Morgan fingerprint density at radius 2 is 2.21 bits per heavy atom. The summed E-state index contributed by atoms with van der Waals surface area (Å²) in [6, 6.07) is 8.02. The van der Waals surface area contributed by atoms with Crippen LogP contribution in [-0.4, -0.2) is 27.8 Å². The van der Waals surface area contributed by atoms with Crippen LogP contribution < -0.4 is 11.1 Å². The van der Waals surface area contributed by atoms with Crippen molar-refractivity contribution in [3.8, 4) is 0 Å². The first-order valence-corrected chi connectivity index (χ1v) is 6.52. The zero-order chi connectivity index (χ0) is 13.9. The largest absolute Gasteiger partial charge is 0.368 e. The number of nitrogens with two attached hydrogens (primary N) is 1. The number of benzene rings is 1. The van der Waals surface area contributed by atoms with Crippen molar-refractivity contribution in [3.05, 3.63) is 30.5 Å². The van der Waals surface area contributed by atoms with Gasteiger partial charge in [0.1, 0.15) is 0 Å². The summed E-state index contributed by atoms with van der Waals surface area (Å²) in [4.78, 5) is 11.6. The van der Waals surface area contributed by atoms with Crippen LogP contribution in [0.15, 0.2) is 30.5 Å². The van der Waals surface area contributed by atoms with Crippen molar-refractivity contribution in [1.82, 2.24) is 15.1 Å². The van der Waals surface area contributed by atoms with E-state index < -0.39 is 5.54 Å². The molecule has 1 aromatic heterocycles. The molecule has 0 aliphatic carbocycles. The molecule has 1 amide bonds. The monoisotopic (exact) mass is 260 g/mol. The van der Waals surface area contributed by atoms with Crippen molar-refractivity contribution >= 4 is 16.8 Å². The minimum atomic E-state index is -0.693. The van der Waals surface area contributed by atoms with Gasteiger partial charge in [0.2, 0.25) is 5.91 Å². The van der Waals surface area contributed by atoms with Crippen molar-refractivity contribution < 1.29 is 4.79 Å². The molecule has 0 saturated carbocycles. The van der Waals surface area contributed by atoms with E-state index in [0.29, 0.717) is 19.5 Å². The Hall–Kier alpha value is -1.88. The number of para-hydroxylation sites is 1. The number of rotatable bonds is 6. The van der Waals surface area contributed by atoms with Gasteiger partial charge in [0.05, 0.1) is 17.3 Å². The molecule has 1 heterocycles. The lowest BCUT2D eigenvalue weighted by Gasteiger charge is -2.27. The van der Waals surface area contributed by atoms with Gasteiger partial charge in [0.25, 0.3) is 0 Å². The number of hydrogen-bond acceptors (Lipinski definition) is 3. The molecule has 0 aliphatic heterocycles. The summed E-state index contributed by atoms with van der Waals surface area (Å²) in [6.45, 7) is 5.16. The number of likely N-dealkylation sites (N-methyl/N-ethyl adjacent to an activating group) is 1. The van der Waals surface area contributed by atoms with Crippen molar-refractivity contribution in [3.63, 3.8) is 0 Å². The molecule has 0 fully saturated rings. The van der Waals surface area contributed by atoms with E-state index in [1.807, 2.05) is 49.0 Å². The highest BCUT2D eigenvalue weighted by molar-refractivity contribution is 5.84. The first kappa shape index (κ1) is 13.5. The third-order valence-corrected chi connectivity index (χ3v) is 3.49. The van der Waals surface area contributed by atoms with Crippen LogP contribution in [0.5, 0.6) is 0 Å². The maximum absolute atomic E-state index is 11.6. The smallest absolute Gasteiger partial charge is 0.237 e. The first-order chi connectivity index (χ1) is 9.07. The molecule has 1 atom stereocenters. The number of fused-ring (bicyclic) bond motifs is 1. The summed E-state index contributed by atoms with van der Waals surface area (Å²) in [6.07, 6.45) is 2.45. The number of carbonyl (C=O) groups is 1. The number of aryl methyl sites for hydroxylation is 1. The molecule has 5 heteroatoms. The summed E-state index contributed by atoms with van der Waals surface area (Å²) < 4.78 is 1.91. The molecular weight excluding hydrogens is 240 g/mol. The number of nitrogens with zero attached hydrogens (tertiary/aromatic N) is 2. The quantitative estimate of drug-likeness (QED) is 0.821. The molecule has 102 valence electrons. The average Bonchev–Trinajstić information content (AvgIpc) is 2.80. The molecule has 1 unspecified atom stereocenters. The molecule has 0 aliphatic rings. The van der Waals surface area contributed by atoms with Gasteiger partial charge in [-0.3, -0.25) is 9.48 Å². The second kappa shape index (κ2) is 5.40. The molecule has 2 aromatic rings. The third kappa shape index (κ3) is 2.76. The first-order valence-electron chi connectivity index (χ1n) is 6.52. The van der Waals surface area contributed by atoms with E-state index in [4.69, 9.17) is 5.73 Å². The lowest BCUT2D eigenvalue weighted by molar-refractivity contribution is -0.124. The molecule has 0 saturated heterocycles. The number of primary amides is 1. The van der Waals surface area contributed by atoms with Crippen molar-refractivity contribution in [2.45, 2.75) is 32.4 Å². The summed E-state index contributed by atoms with van der Waals surface area (Å²) in [5.41, 5.74) is 5.86. The molecule has 3 N–H and O–H groups in total. The highest BCUT2D eigenvalue weighted by Gasteiger charge is 2.29. The molecule has 0 bridgehead atoms. The van der Waals surface area contributed by atoms with Gasteiger partial charge < -0.3 is 11.1 Å². The van der Waals surface area contributed by atoms with Crippen LogP contribution >= 0.6 is 0 Å². The molecular formula is C14H20N4O. The second-order valence-electron chi connectivity index (χ2n) is 4.90. The van der Waals surface area contributed by atoms with Crippen LogP contribution in [0.4, 0.5) is 0 Å². The van der Waals surface area contributed by atoms with E-state index in [2.05, 4.69) is 10.4 Å². The van der Waals surface area contributed by atoms with E-state index in [-0.39, 0.29) is 5.91 Å². The lowest BCUT2D eigenvalue weighted by atomic mass is 9.97. The van der Waals surface area contributed by atoms with Gasteiger partial charge in [-0.25, -0.2) is 0 Å². The van der Waals surface area contributed by atoms with Gasteiger partial charge in [0, 0.05) is 11.9 Å². The molecule has 2 rings (SSSR count).